The minimum atomic E-state index is -0.424. The summed E-state index contributed by atoms with van der Waals surface area (Å²) >= 11 is 1.19. The van der Waals surface area contributed by atoms with Gasteiger partial charge in [0.05, 0.1) is 18.5 Å². The number of carbonyl (C=O) groups is 2. The van der Waals surface area contributed by atoms with E-state index in [0.717, 1.165) is 23.5 Å². The topological polar surface area (TPSA) is 97.3 Å². The van der Waals surface area contributed by atoms with Crippen LogP contribution >= 0.6 is 11.3 Å². The number of fused-ring (bicyclic) bond motifs is 2. The zero-order chi connectivity index (χ0) is 19.0. The van der Waals surface area contributed by atoms with Crippen LogP contribution in [0.4, 0.5) is 5.13 Å². The Hall–Kier alpha value is -2.39. The lowest BCUT2D eigenvalue weighted by Crippen LogP contribution is -2.48. The molecule has 2 amide bonds. The van der Waals surface area contributed by atoms with Crippen molar-refractivity contribution in [1.29, 1.82) is 0 Å². The summed E-state index contributed by atoms with van der Waals surface area (Å²) in [6, 6.07) is 0. The molecule has 8 nitrogen and oxygen atoms in total. The molecular weight excluding hydrogens is 366 g/mol. The first-order valence-electron chi connectivity index (χ1n) is 8.96. The molecule has 4 heterocycles. The molecule has 1 N–H and O–H groups in total. The normalized spacial score (nSPS) is 18.2. The maximum Gasteiger partial charge on any atom is 0.265 e. The molecule has 4 rings (SSSR count). The Labute approximate surface area is 161 Å². The summed E-state index contributed by atoms with van der Waals surface area (Å²) in [5, 5.41) is 3.05. The first-order chi connectivity index (χ1) is 13.0. The number of hydrogen-bond acceptors (Lipinski definition) is 7. The van der Waals surface area contributed by atoms with E-state index in [0.29, 0.717) is 42.5 Å². The van der Waals surface area contributed by atoms with Gasteiger partial charge in [-0.1, -0.05) is 11.3 Å². The highest BCUT2D eigenvalue weighted by atomic mass is 32.1. The molecule has 0 aromatic carbocycles. The fourth-order valence-corrected chi connectivity index (χ4v) is 4.52. The maximum absolute atomic E-state index is 12.8. The Kier molecular flexibility index (Phi) is 4.65. The number of amides is 2. The number of ether oxygens (including phenoxy) is 1. The summed E-state index contributed by atoms with van der Waals surface area (Å²) in [6.45, 7) is 5.14. The van der Waals surface area contributed by atoms with Crippen molar-refractivity contribution in [2.24, 2.45) is 0 Å². The summed E-state index contributed by atoms with van der Waals surface area (Å²) in [5.74, 6) is 0.481. The second kappa shape index (κ2) is 6.97. The smallest absolute Gasteiger partial charge is 0.265 e. The van der Waals surface area contributed by atoms with Crippen molar-refractivity contribution in [3.8, 4) is 0 Å². The summed E-state index contributed by atoms with van der Waals surface area (Å²) in [4.78, 5) is 39.3. The first kappa shape index (κ1) is 18.0. The van der Waals surface area contributed by atoms with Crippen molar-refractivity contribution in [2.45, 2.75) is 38.7 Å². The fraction of sp³-hybridized carbons (Fsp3) is 0.500. The fourth-order valence-electron chi connectivity index (χ4n) is 3.69. The van der Waals surface area contributed by atoms with Crippen LogP contribution in [-0.4, -0.2) is 51.4 Å². The number of piperidine rings is 1. The van der Waals surface area contributed by atoms with Gasteiger partial charge in [-0.15, -0.1) is 0 Å². The number of anilines is 1. The third-order valence-corrected chi connectivity index (χ3v) is 5.92. The Bertz CT molecular complexity index is 889. The van der Waals surface area contributed by atoms with Crippen LogP contribution < -0.4 is 5.32 Å². The van der Waals surface area contributed by atoms with Gasteiger partial charge in [-0.05, 0) is 31.7 Å². The predicted molar refractivity (Wildman–Crippen MR) is 99.7 cm³/mol. The SMILES string of the molecule is CC(=O)Nc1ncc(C(=O)N2CCC3(CC2)OCCc2cnc(C)nc23)s1. The van der Waals surface area contributed by atoms with Crippen LogP contribution in [-0.2, 0) is 21.6 Å². The molecule has 2 aromatic heterocycles. The largest absolute Gasteiger partial charge is 0.368 e. The highest BCUT2D eigenvalue weighted by Crippen LogP contribution is 2.40. The third-order valence-electron chi connectivity index (χ3n) is 5.02. The summed E-state index contributed by atoms with van der Waals surface area (Å²) in [6.07, 6.45) is 5.66. The second-order valence-electron chi connectivity index (χ2n) is 6.89. The first-order valence-corrected chi connectivity index (χ1v) is 9.78. The van der Waals surface area contributed by atoms with E-state index in [4.69, 9.17) is 4.74 Å². The quantitative estimate of drug-likeness (QED) is 0.845. The molecule has 9 heteroatoms. The lowest BCUT2D eigenvalue weighted by molar-refractivity contribution is -0.114. The van der Waals surface area contributed by atoms with Crippen LogP contribution in [0, 0.1) is 6.92 Å². The standard InChI is InChI=1S/C18H21N5O3S/c1-11-19-9-13-3-8-26-18(15(13)21-11)4-6-23(7-5-18)16(25)14-10-20-17(27-14)22-12(2)24/h9-10H,3-8H2,1-2H3,(H,20,22,24). The molecule has 2 aromatic rings. The van der Waals surface area contributed by atoms with E-state index in [9.17, 15) is 9.59 Å². The molecule has 0 radical (unpaired) electrons. The molecule has 1 fully saturated rings. The molecule has 142 valence electrons. The average molecular weight is 387 g/mol. The zero-order valence-electron chi connectivity index (χ0n) is 15.3. The van der Waals surface area contributed by atoms with Crippen LogP contribution in [0.5, 0.6) is 0 Å². The van der Waals surface area contributed by atoms with Crippen LogP contribution in [0.15, 0.2) is 12.4 Å². The Morgan fingerprint density at radius 3 is 2.78 bits per heavy atom. The van der Waals surface area contributed by atoms with Gasteiger partial charge in [-0.3, -0.25) is 9.59 Å². The molecule has 0 saturated carbocycles. The molecule has 1 spiro atoms. The number of carbonyl (C=O) groups excluding carboxylic acids is 2. The Morgan fingerprint density at radius 2 is 2.04 bits per heavy atom. The number of rotatable bonds is 2. The molecule has 0 atom stereocenters. The summed E-state index contributed by atoms with van der Waals surface area (Å²) in [5.41, 5.74) is 1.71. The second-order valence-corrected chi connectivity index (χ2v) is 7.92. The van der Waals surface area contributed by atoms with Gasteiger partial charge in [0, 0.05) is 26.2 Å². The lowest BCUT2D eigenvalue weighted by Gasteiger charge is -2.43. The minimum Gasteiger partial charge on any atom is -0.368 e. The van der Waals surface area contributed by atoms with Gasteiger partial charge in [0.2, 0.25) is 5.91 Å². The van der Waals surface area contributed by atoms with E-state index in [1.807, 2.05) is 18.0 Å². The molecule has 1 saturated heterocycles. The number of aryl methyl sites for hydroxylation is 1. The molecule has 2 aliphatic heterocycles. The van der Waals surface area contributed by atoms with Crippen LogP contribution in [0.25, 0.3) is 0 Å². The number of aromatic nitrogens is 3. The summed E-state index contributed by atoms with van der Waals surface area (Å²) < 4.78 is 6.18. The monoisotopic (exact) mass is 387 g/mol. The van der Waals surface area contributed by atoms with Crippen molar-refractivity contribution >= 4 is 28.3 Å². The lowest BCUT2D eigenvalue weighted by atomic mass is 9.83. The van der Waals surface area contributed by atoms with Gasteiger partial charge in [0.15, 0.2) is 5.13 Å². The number of likely N-dealkylation sites (tertiary alicyclic amines) is 1. The van der Waals surface area contributed by atoms with E-state index in [1.165, 1.54) is 24.5 Å². The number of nitrogens with zero attached hydrogens (tertiary/aromatic N) is 4. The highest BCUT2D eigenvalue weighted by Gasteiger charge is 2.43. The van der Waals surface area contributed by atoms with Crippen molar-refractivity contribution in [2.75, 3.05) is 25.0 Å². The van der Waals surface area contributed by atoms with E-state index in [2.05, 4.69) is 20.3 Å². The van der Waals surface area contributed by atoms with Gasteiger partial charge >= 0.3 is 0 Å². The summed E-state index contributed by atoms with van der Waals surface area (Å²) in [7, 11) is 0. The van der Waals surface area contributed by atoms with Crippen LogP contribution in [0.2, 0.25) is 0 Å². The number of nitrogens with one attached hydrogen (secondary N) is 1. The van der Waals surface area contributed by atoms with E-state index in [-0.39, 0.29) is 11.8 Å². The Balaban J connectivity index is 1.48. The zero-order valence-corrected chi connectivity index (χ0v) is 16.1. The molecule has 2 aliphatic rings. The van der Waals surface area contributed by atoms with Crippen molar-refractivity contribution in [3.05, 3.63) is 34.4 Å². The average Bonchev–Trinajstić information content (AvgIpc) is 3.10. The highest BCUT2D eigenvalue weighted by molar-refractivity contribution is 7.17. The van der Waals surface area contributed by atoms with Gasteiger partial charge in [0.1, 0.15) is 16.3 Å². The molecule has 0 bridgehead atoms. The van der Waals surface area contributed by atoms with Crippen LogP contribution in [0.3, 0.4) is 0 Å². The minimum absolute atomic E-state index is 0.0612. The molecule has 0 unspecified atom stereocenters. The van der Waals surface area contributed by atoms with E-state index >= 15 is 0 Å². The predicted octanol–water partition coefficient (Wildman–Crippen LogP) is 1.90. The maximum atomic E-state index is 12.8. The Morgan fingerprint density at radius 1 is 1.26 bits per heavy atom. The van der Waals surface area contributed by atoms with E-state index < -0.39 is 5.60 Å². The molecular formula is C18H21N5O3S. The van der Waals surface area contributed by atoms with Gasteiger partial charge in [-0.2, -0.15) is 0 Å². The van der Waals surface area contributed by atoms with Crippen molar-refractivity contribution in [1.82, 2.24) is 19.9 Å². The van der Waals surface area contributed by atoms with Gasteiger partial charge < -0.3 is 15.0 Å². The van der Waals surface area contributed by atoms with Gasteiger partial charge in [0.25, 0.3) is 5.91 Å². The molecule has 0 aliphatic carbocycles. The third kappa shape index (κ3) is 3.44. The van der Waals surface area contributed by atoms with Crippen molar-refractivity contribution < 1.29 is 14.3 Å². The molecule has 27 heavy (non-hydrogen) atoms. The van der Waals surface area contributed by atoms with Crippen LogP contribution in [0.1, 0.15) is 46.5 Å². The number of thiazole rings is 1. The number of hydrogen-bond donors (Lipinski definition) is 1. The van der Waals surface area contributed by atoms with Gasteiger partial charge in [-0.25, -0.2) is 15.0 Å². The van der Waals surface area contributed by atoms with E-state index in [1.54, 1.807) is 0 Å². The van der Waals surface area contributed by atoms with Crippen molar-refractivity contribution in [3.63, 3.8) is 0 Å².